The molecule has 1 heterocycles. The maximum absolute atomic E-state index is 14.3. The van der Waals surface area contributed by atoms with Gasteiger partial charge in [0.05, 0.1) is 17.6 Å². The molecule has 142 valence electrons. The molecule has 0 spiro atoms. The van der Waals surface area contributed by atoms with Crippen molar-refractivity contribution in [3.05, 3.63) is 63.3 Å². The topological polar surface area (TPSA) is 84.2 Å². The lowest BCUT2D eigenvalue weighted by molar-refractivity contribution is 0.394. The Hall–Kier alpha value is -2.28. The van der Waals surface area contributed by atoms with Gasteiger partial charge < -0.3 is 9.84 Å². The zero-order valence-corrected chi connectivity index (χ0v) is 16.5. The molecule has 1 aromatic heterocycles. The highest BCUT2D eigenvalue weighted by atomic mass is 127. The van der Waals surface area contributed by atoms with Crippen LogP contribution in [0.4, 0.5) is 30.2 Å². The van der Waals surface area contributed by atoms with Crippen LogP contribution in [0.2, 0.25) is 0 Å². The highest BCUT2D eigenvalue weighted by Gasteiger charge is 2.24. The predicted octanol–water partition coefficient (Wildman–Crippen LogP) is 4.55. The molecule has 0 saturated heterocycles. The zero-order valence-electron chi connectivity index (χ0n) is 13.6. The second-order valence-corrected chi connectivity index (χ2v) is 8.28. The van der Waals surface area contributed by atoms with Gasteiger partial charge in [0.1, 0.15) is 16.4 Å². The molecule has 0 aliphatic heterocycles. The van der Waals surface area contributed by atoms with Gasteiger partial charge in [-0.15, -0.1) is 0 Å². The fourth-order valence-electron chi connectivity index (χ4n) is 2.23. The summed E-state index contributed by atoms with van der Waals surface area (Å²) in [6.45, 7) is 1.38. The molecule has 11 heteroatoms. The predicted molar refractivity (Wildman–Crippen MR) is 101 cm³/mol. The van der Waals surface area contributed by atoms with Crippen LogP contribution in [0.25, 0.3) is 0 Å². The Bertz CT molecular complexity index is 1120. The maximum Gasteiger partial charge on any atom is 0.267 e. The largest absolute Gasteiger partial charge is 0.360 e. The molecular formula is C16H11F3IN3O3S. The summed E-state index contributed by atoms with van der Waals surface area (Å²) in [5.74, 6) is -3.29. The highest BCUT2D eigenvalue weighted by molar-refractivity contribution is 14.1. The molecule has 0 aliphatic carbocycles. The third-order valence-corrected chi connectivity index (χ3v) is 5.66. The summed E-state index contributed by atoms with van der Waals surface area (Å²) in [5, 5.41) is 5.78. The number of benzene rings is 2. The van der Waals surface area contributed by atoms with Crippen LogP contribution in [-0.2, 0) is 10.0 Å². The molecule has 0 aliphatic rings. The number of nitrogens with zero attached hydrogens (tertiary/aromatic N) is 1. The van der Waals surface area contributed by atoms with Gasteiger partial charge in [0.15, 0.2) is 17.4 Å². The van der Waals surface area contributed by atoms with Gasteiger partial charge in [0, 0.05) is 3.57 Å². The van der Waals surface area contributed by atoms with Crippen molar-refractivity contribution in [2.75, 3.05) is 10.0 Å². The third kappa shape index (κ3) is 4.03. The Balaban J connectivity index is 2.04. The van der Waals surface area contributed by atoms with E-state index in [1.807, 2.05) is 22.6 Å². The second kappa shape index (κ2) is 7.38. The monoisotopic (exact) mass is 509 g/mol. The van der Waals surface area contributed by atoms with Crippen molar-refractivity contribution in [2.45, 2.75) is 11.8 Å². The SMILES string of the molecule is Cc1oncc1S(=O)(=O)Nc1ccc(F)c(F)c1Nc1ccc(I)cc1F. The Kier molecular flexibility index (Phi) is 5.33. The number of hydrogen-bond acceptors (Lipinski definition) is 5. The van der Waals surface area contributed by atoms with Crippen LogP contribution in [0.3, 0.4) is 0 Å². The molecule has 0 saturated carbocycles. The lowest BCUT2D eigenvalue weighted by Crippen LogP contribution is -2.15. The van der Waals surface area contributed by atoms with Gasteiger partial charge in [-0.05, 0) is 59.8 Å². The number of sulfonamides is 1. The van der Waals surface area contributed by atoms with Crippen LogP contribution in [0.15, 0.2) is 45.9 Å². The van der Waals surface area contributed by atoms with E-state index < -0.39 is 33.2 Å². The fourth-order valence-corrected chi connectivity index (χ4v) is 3.85. The van der Waals surface area contributed by atoms with E-state index in [-0.39, 0.29) is 22.0 Å². The lowest BCUT2D eigenvalue weighted by Gasteiger charge is -2.15. The Morgan fingerprint density at radius 3 is 2.41 bits per heavy atom. The normalized spacial score (nSPS) is 11.4. The summed E-state index contributed by atoms with van der Waals surface area (Å²) in [4.78, 5) is -0.265. The summed E-state index contributed by atoms with van der Waals surface area (Å²) >= 11 is 1.89. The quantitative estimate of drug-likeness (QED) is 0.494. The van der Waals surface area contributed by atoms with Crippen molar-refractivity contribution in [3.8, 4) is 0 Å². The number of aryl methyl sites for hydroxylation is 1. The van der Waals surface area contributed by atoms with E-state index >= 15 is 0 Å². The molecule has 2 N–H and O–H groups in total. The summed E-state index contributed by atoms with van der Waals surface area (Å²) in [5.41, 5.74) is -1.03. The van der Waals surface area contributed by atoms with E-state index in [0.29, 0.717) is 3.57 Å². The summed E-state index contributed by atoms with van der Waals surface area (Å²) in [7, 11) is -4.19. The number of nitrogens with one attached hydrogen (secondary N) is 2. The van der Waals surface area contributed by atoms with Crippen molar-refractivity contribution >= 4 is 49.7 Å². The first-order valence-electron chi connectivity index (χ1n) is 7.33. The first-order chi connectivity index (χ1) is 12.7. The smallest absolute Gasteiger partial charge is 0.267 e. The number of hydrogen-bond donors (Lipinski definition) is 2. The Labute approximate surface area is 165 Å². The molecule has 0 unspecified atom stereocenters. The van der Waals surface area contributed by atoms with Gasteiger partial charge in [-0.25, -0.2) is 21.6 Å². The van der Waals surface area contributed by atoms with E-state index in [0.717, 1.165) is 18.3 Å². The van der Waals surface area contributed by atoms with Crippen molar-refractivity contribution in [1.29, 1.82) is 0 Å². The molecule has 0 radical (unpaired) electrons. The van der Waals surface area contributed by atoms with Crippen LogP contribution in [0.1, 0.15) is 5.76 Å². The molecular weight excluding hydrogens is 498 g/mol. The zero-order chi connectivity index (χ0) is 19.8. The maximum atomic E-state index is 14.3. The Morgan fingerprint density at radius 2 is 1.78 bits per heavy atom. The second-order valence-electron chi connectivity index (χ2n) is 5.38. The van der Waals surface area contributed by atoms with Crippen LogP contribution < -0.4 is 10.0 Å². The summed E-state index contributed by atoms with van der Waals surface area (Å²) in [6.07, 6.45) is 0.976. The average Bonchev–Trinajstić information content (AvgIpc) is 3.03. The van der Waals surface area contributed by atoms with Gasteiger partial charge in [-0.2, -0.15) is 0 Å². The van der Waals surface area contributed by atoms with Crippen LogP contribution in [-0.4, -0.2) is 13.6 Å². The standard InChI is InChI=1S/C16H11F3IN3O3S/c1-8-14(7-21-26-8)27(24,25)23-13-5-3-10(17)15(19)16(13)22-12-4-2-9(20)6-11(12)18/h2-7,22-23H,1H3. The molecule has 3 aromatic rings. The van der Waals surface area contributed by atoms with Crippen LogP contribution >= 0.6 is 22.6 Å². The van der Waals surface area contributed by atoms with E-state index in [1.165, 1.54) is 19.1 Å². The van der Waals surface area contributed by atoms with Crippen molar-refractivity contribution < 1.29 is 26.1 Å². The Morgan fingerprint density at radius 1 is 1.07 bits per heavy atom. The van der Waals surface area contributed by atoms with Crippen LogP contribution in [0.5, 0.6) is 0 Å². The third-order valence-electron chi connectivity index (χ3n) is 3.53. The van der Waals surface area contributed by atoms with Crippen LogP contribution in [0, 0.1) is 27.9 Å². The van der Waals surface area contributed by atoms with Crippen molar-refractivity contribution in [2.24, 2.45) is 0 Å². The fraction of sp³-hybridized carbons (Fsp3) is 0.0625. The highest BCUT2D eigenvalue weighted by Crippen LogP contribution is 2.33. The van der Waals surface area contributed by atoms with Crippen molar-refractivity contribution in [3.63, 3.8) is 0 Å². The molecule has 2 aromatic carbocycles. The minimum absolute atomic E-state index is 0.0169. The summed E-state index contributed by atoms with van der Waals surface area (Å²) < 4.78 is 74.5. The van der Waals surface area contributed by atoms with Gasteiger partial charge in [0.25, 0.3) is 10.0 Å². The first-order valence-corrected chi connectivity index (χ1v) is 9.89. The van der Waals surface area contributed by atoms with E-state index in [9.17, 15) is 21.6 Å². The molecule has 0 fully saturated rings. The average molecular weight is 509 g/mol. The number of halogens is 4. The van der Waals surface area contributed by atoms with Gasteiger partial charge in [0.2, 0.25) is 0 Å². The molecule has 0 bridgehead atoms. The molecule has 0 atom stereocenters. The number of aromatic nitrogens is 1. The van der Waals surface area contributed by atoms with Gasteiger partial charge in [-0.1, -0.05) is 5.16 Å². The van der Waals surface area contributed by atoms with E-state index in [4.69, 9.17) is 4.52 Å². The van der Waals surface area contributed by atoms with E-state index in [2.05, 4.69) is 15.2 Å². The minimum atomic E-state index is -4.19. The van der Waals surface area contributed by atoms with Crippen molar-refractivity contribution in [1.82, 2.24) is 5.16 Å². The first kappa shape index (κ1) is 19.5. The molecule has 3 rings (SSSR count). The molecule has 6 nitrogen and oxygen atoms in total. The van der Waals surface area contributed by atoms with E-state index in [1.54, 1.807) is 6.07 Å². The number of rotatable bonds is 5. The molecule has 27 heavy (non-hydrogen) atoms. The number of anilines is 3. The molecule has 0 amide bonds. The minimum Gasteiger partial charge on any atom is -0.360 e. The summed E-state index contributed by atoms with van der Waals surface area (Å²) in [6, 6.07) is 5.83. The lowest BCUT2D eigenvalue weighted by atomic mass is 10.2. The van der Waals surface area contributed by atoms with Gasteiger partial charge >= 0.3 is 0 Å². The van der Waals surface area contributed by atoms with Gasteiger partial charge in [-0.3, -0.25) is 4.72 Å².